The average molecular weight is 157 g/mol. The Morgan fingerprint density at radius 1 is 1.64 bits per heavy atom. The van der Waals surface area contributed by atoms with Crippen LogP contribution in [-0.2, 0) is 4.74 Å². The lowest BCUT2D eigenvalue weighted by Crippen LogP contribution is -2.15. The van der Waals surface area contributed by atoms with E-state index in [2.05, 4.69) is 0 Å². The maximum atomic E-state index is 9.92. The molecule has 0 spiro atoms. The number of rotatable bonds is 2. The minimum absolute atomic E-state index is 0.245. The van der Waals surface area contributed by atoms with E-state index >= 15 is 0 Å². The Kier molecular flexibility index (Phi) is 3.04. The van der Waals surface area contributed by atoms with Gasteiger partial charge in [-0.25, -0.2) is 0 Å². The molecule has 1 aliphatic heterocycles. The first-order valence-corrected chi connectivity index (χ1v) is 3.68. The summed E-state index contributed by atoms with van der Waals surface area (Å²) in [6.45, 7) is 1.42. The third kappa shape index (κ3) is 3.13. The van der Waals surface area contributed by atoms with E-state index < -0.39 is 4.92 Å². The highest BCUT2D eigenvalue weighted by Crippen LogP contribution is 2.14. The van der Waals surface area contributed by atoms with Crippen molar-refractivity contribution in [2.45, 2.75) is 12.8 Å². The normalized spacial score (nSPS) is 25.6. The first-order chi connectivity index (χ1) is 5.29. The molecule has 0 aromatic heterocycles. The molecule has 62 valence electrons. The third-order valence-electron chi connectivity index (χ3n) is 1.68. The summed E-state index contributed by atoms with van der Waals surface area (Å²) < 4.78 is 5.14. The number of hydrogen-bond donors (Lipinski definition) is 0. The van der Waals surface area contributed by atoms with Crippen LogP contribution in [0.5, 0.6) is 0 Å². The third-order valence-corrected chi connectivity index (χ3v) is 1.68. The molecule has 1 atom stereocenters. The zero-order valence-corrected chi connectivity index (χ0v) is 6.23. The van der Waals surface area contributed by atoms with Crippen LogP contribution in [0.3, 0.4) is 0 Å². The Morgan fingerprint density at radius 3 is 3.00 bits per heavy atom. The zero-order valence-electron chi connectivity index (χ0n) is 6.23. The molecule has 0 aliphatic carbocycles. The second-order valence-corrected chi connectivity index (χ2v) is 2.60. The summed E-state index contributed by atoms with van der Waals surface area (Å²) in [5.74, 6) is 0.245. The highest BCUT2D eigenvalue weighted by molar-refractivity contribution is 4.83. The summed E-state index contributed by atoms with van der Waals surface area (Å²) in [6, 6.07) is 0. The summed E-state index contributed by atoms with van der Waals surface area (Å²) in [5.41, 5.74) is 0. The maximum Gasteiger partial charge on any atom is 0.230 e. The molecule has 0 aromatic rings. The van der Waals surface area contributed by atoms with Crippen LogP contribution in [0.2, 0.25) is 0 Å². The van der Waals surface area contributed by atoms with Gasteiger partial charge < -0.3 is 4.74 Å². The van der Waals surface area contributed by atoms with E-state index in [-0.39, 0.29) is 5.92 Å². The lowest BCUT2D eigenvalue weighted by molar-refractivity contribution is -0.402. The second-order valence-electron chi connectivity index (χ2n) is 2.60. The quantitative estimate of drug-likeness (QED) is 0.447. The first-order valence-electron chi connectivity index (χ1n) is 3.68. The average Bonchev–Trinajstić information content (AvgIpc) is 2.03. The van der Waals surface area contributed by atoms with Gasteiger partial charge in [-0.3, -0.25) is 10.1 Å². The maximum absolute atomic E-state index is 9.92. The van der Waals surface area contributed by atoms with Crippen molar-refractivity contribution in [2.75, 3.05) is 13.2 Å². The summed E-state index contributed by atoms with van der Waals surface area (Å²) in [4.78, 5) is 9.48. The number of hydrogen-bond acceptors (Lipinski definition) is 3. The lowest BCUT2D eigenvalue weighted by Gasteiger charge is -2.17. The summed E-state index contributed by atoms with van der Waals surface area (Å²) in [5, 5.41) is 9.92. The van der Waals surface area contributed by atoms with E-state index in [1.165, 1.54) is 0 Å². The molecule has 0 N–H and O–H groups in total. The Morgan fingerprint density at radius 2 is 2.45 bits per heavy atom. The largest absolute Gasteiger partial charge is 0.381 e. The number of ether oxygens (including phenoxy) is 1. The molecule has 0 saturated carbocycles. The molecule has 11 heavy (non-hydrogen) atoms. The van der Waals surface area contributed by atoms with Gasteiger partial charge in [0.25, 0.3) is 0 Å². The minimum Gasteiger partial charge on any atom is -0.381 e. The second kappa shape index (κ2) is 4.08. The van der Waals surface area contributed by atoms with Gasteiger partial charge in [-0.2, -0.15) is 0 Å². The van der Waals surface area contributed by atoms with Crippen molar-refractivity contribution >= 4 is 0 Å². The van der Waals surface area contributed by atoms with Gasteiger partial charge >= 0.3 is 0 Å². The molecular weight excluding hydrogens is 146 g/mol. The van der Waals surface area contributed by atoms with Crippen molar-refractivity contribution in [1.82, 2.24) is 0 Å². The van der Waals surface area contributed by atoms with Crippen LogP contribution in [0.4, 0.5) is 0 Å². The molecule has 0 aromatic carbocycles. The van der Waals surface area contributed by atoms with Crippen LogP contribution in [0.15, 0.2) is 12.3 Å². The van der Waals surface area contributed by atoms with Crippen molar-refractivity contribution in [2.24, 2.45) is 5.92 Å². The van der Waals surface area contributed by atoms with Crippen molar-refractivity contribution in [3.05, 3.63) is 22.4 Å². The zero-order chi connectivity index (χ0) is 8.10. The molecule has 1 rings (SSSR count). The molecule has 0 amide bonds. The molecule has 1 heterocycles. The first kappa shape index (κ1) is 8.20. The van der Waals surface area contributed by atoms with Gasteiger partial charge in [0.1, 0.15) is 0 Å². The summed E-state index contributed by atoms with van der Waals surface area (Å²) in [7, 11) is 0. The molecular formula is C7H11NO3. The fraction of sp³-hybridized carbons (Fsp3) is 0.714. The topological polar surface area (TPSA) is 52.4 Å². The minimum atomic E-state index is -0.436. The Labute approximate surface area is 65.0 Å². The van der Waals surface area contributed by atoms with E-state index in [9.17, 15) is 10.1 Å². The Bertz CT molecular complexity index is 161. The van der Waals surface area contributed by atoms with Crippen molar-refractivity contribution in [1.29, 1.82) is 0 Å². The van der Waals surface area contributed by atoms with Gasteiger partial charge in [-0.1, -0.05) is 0 Å². The van der Waals surface area contributed by atoms with Crippen LogP contribution in [0.1, 0.15) is 12.8 Å². The summed E-state index contributed by atoms with van der Waals surface area (Å²) in [6.07, 6.45) is 4.62. The van der Waals surface area contributed by atoms with Gasteiger partial charge in [0.2, 0.25) is 6.20 Å². The highest BCUT2D eigenvalue weighted by Gasteiger charge is 2.11. The van der Waals surface area contributed by atoms with Crippen molar-refractivity contribution < 1.29 is 9.66 Å². The van der Waals surface area contributed by atoms with E-state index in [0.717, 1.165) is 25.6 Å². The number of nitrogens with zero attached hydrogens (tertiary/aromatic N) is 1. The molecule has 0 bridgehead atoms. The fourth-order valence-electron chi connectivity index (χ4n) is 1.11. The summed E-state index contributed by atoms with van der Waals surface area (Å²) >= 11 is 0. The van der Waals surface area contributed by atoms with E-state index in [4.69, 9.17) is 4.74 Å². The van der Waals surface area contributed by atoms with Crippen LogP contribution in [-0.4, -0.2) is 18.1 Å². The fourth-order valence-corrected chi connectivity index (χ4v) is 1.11. The molecule has 1 fully saturated rings. The molecule has 4 nitrogen and oxygen atoms in total. The number of nitro groups is 1. The molecule has 1 aliphatic rings. The van der Waals surface area contributed by atoms with E-state index in [0.29, 0.717) is 6.61 Å². The van der Waals surface area contributed by atoms with Gasteiger partial charge in [0, 0.05) is 12.5 Å². The molecule has 4 heteroatoms. The van der Waals surface area contributed by atoms with Gasteiger partial charge in [0.05, 0.1) is 11.5 Å². The van der Waals surface area contributed by atoms with Crippen molar-refractivity contribution in [3.63, 3.8) is 0 Å². The molecule has 1 saturated heterocycles. The Balaban J connectivity index is 2.29. The van der Waals surface area contributed by atoms with Crippen molar-refractivity contribution in [3.8, 4) is 0 Å². The van der Waals surface area contributed by atoms with Crippen LogP contribution >= 0.6 is 0 Å². The standard InChI is InChI=1S/C7H11NO3/c9-8(10)4-3-7-2-1-5-11-6-7/h3-4,7H,1-2,5-6H2. The van der Waals surface area contributed by atoms with Crippen LogP contribution in [0.25, 0.3) is 0 Å². The smallest absolute Gasteiger partial charge is 0.230 e. The van der Waals surface area contributed by atoms with E-state index in [1.807, 2.05) is 0 Å². The Hall–Kier alpha value is -0.900. The SMILES string of the molecule is O=[N+]([O-])C=CC1CCCOC1. The van der Waals surface area contributed by atoms with Crippen LogP contribution < -0.4 is 0 Å². The van der Waals surface area contributed by atoms with Crippen LogP contribution in [0, 0.1) is 16.0 Å². The molecule has 1 unspecified atom stereocenters. The monoisotopic (exact) mass is 157 g/mol. The predicted molar refractivity (Wildman–Crippen MR) is 39.7 cm³/mol. The lowest BCUT2D eigenvalue weighted by atomic mass is 10.0. The highest BCUT2D eigenvalue weighted by atomic mass is 16.6. The van der Waals surface area contributed by atoms with Gasteiger partial charge in [0.15, 0.2) is 0 Å². The predicted octanol–water partition coefficient (Wildman–Crippen LogP) is 1.20. The van der Waals surface area contributed by atoms with Gasteiger partial charge in [-0.15, -0.1) is 0 Å². The van der Waals surface area contributed by atoms with Gasteiger partial charge in [-0.05, 0) is 18.9 Å². The van der Waals surface area contributed by atoms with E-state index in [1.54, 1.807) is 6.08 Å². The molecule has 0 radical (unpaired) electrons.